The molecule has 0 aliphatic heterocycles. The normalized spacial score (nSPS) is 10.5. The number of nitrogens with two attached hydrogens (primary N) is 1. The van der Waals surface area contributed by atoms with Gasteiger partial charge in [-0.1, -0.05) is 6.07 Å². The highest BCUT2D eigenvalue weighted by atomic mass is 16.6. The van der Waals surface area contributed by atoms with E-state index in [1.165, 1.54) is 0 Å². The summed E-state index contributed by atoms with van der Waals surface area (Å²) in [5.41, 5.74) is 6.92. The van der Waals surface area contributed by atoms with E-state index in [-0.39, 0.29) is 18.0 Å². The first-order valence-corrected chi connectivity index (χ1v) is 4.56. The van der Waals surface area contributed by atoms with Gasteiger partial charge in [0.2, 0.25) is 0 Å². The third-order valence-electron chi connectivity index (χ3n) is 2.07. The van der Waals surface area contributed by atoms with Crippen LogP contribution in [0.15, 0.2) is 34.0 Å². The molecule has 0 amide bonds. The Bertz CT molecular complexity index is 558. The molecule has 82 valence electrons. The molecule has 0 aliphatic rings. The van der Waals surface area contributed by atoms with Crippen LogP contribution in [0.1, 0.15) is 5.69 Å². The smallest absolute Gasteiger partial charge is 0.255 e. The lowest BCUT2D eigenvalue weighted by Crippen LogP contribution is -2.37. The van der Waals surface area contributed by atoms with Crippen molar-refractivity contribution in [2.24, 2.45) is 0 Å². The highest BCUT2D eigenvalue weighted by Gasteiger charge is 2.17. The van der Waals surface area contributed by atoms with Gasteiger partial charge in [0.25, 0.3) is 10.9 Å². The number of rotatable bonds is 4. The van der Waals surface area contributed by atoms with E-state index in [4.69, 9.17) is 10.6 Å². The molecule has 0 bridgehead atoms. The van der Waals surface area contributed by atoms with E-state index in [2.05, 4.69) is 10.5 Å². The minimum absolute atomic E-state index is 0.0148. The molecule has 0 spiro atoms. The fraction of sp³-hybridized carbons (Fsp3) is 0.100. The lowest BCUT2D eigenvalue weighted by molar-refractivity contribution is 0.176. The third kappa shape index (κ3) is 1.78. The SMILES string of the molecule is Nc1c(NOCc2ccccn2)c(=O)c1=O. The summed E-state index contributed by atoms with van der Waals surface area (Å²) in [5.74, 6) is 0. The van der Waals surface area contributed by atoms with Crippen molar-refractivity contribution in [3.05, 3.63) is 50.5 Å². The summed E-state index contributed by atoms with van der Waals surface area (Å²) in [6.07, 6.45) is 1.63. The molecule has 6 heteroatoms. The zero-order chi connectivity index (χ0) is 11.5. The molecule has 1 aromatic heterocycles. The lowest BCUT2D eigenvalue weighted by atomic mass is 10.2. The number of nitrogens with zero attached hydrogens (tertiary/aromatic N) is 1. The summed E-state index contributed by atoms with van der Waals surface area (Å²) in [6.45, 7) is 0.180. The summed E-state index contributed by atoms with van der Waals surface area (Å²) in [6, 6.07) is 5.37. The molecule has 3 N–H and O–H groups in total. The second-order valence-electron chi connectivity index (χ2n) is 3.16. The predicted molar refractivity (Wildman–Crippen MR) is 58.4 cm³/mol. The molecule has 0 saturated heterocycles. The van der Waals surface area contributed by atoms with Crippen molar-refractivity contribution in [2.45, 2.75) is 6.61 Å². The molecule has 16 heavy (non-hydrogen) atoms. The van der Waals surface area contributed by atoms with Crippen molar-refractivity contribution in [1.82, 2.24) is 4.98 Å². The van der Waals surface area contributed by atoms with Crippen molar-refractivity contribution >= 4 is 11.4 Å². The van der Waals surface area contributed by atoms with Gasteiger partial charge < -0.3 is 5.73 Å². The van der Waals surface area contributed by atoms with E-state index in [0.29, 0.717) is 5.69 Å². The number of nitrogen functional groups attached to an aromatic ring is 1. The van der Waals surface area contributed by atoms with Gasteiger partial charge >= 0.3 is 0 Å². The van der Waals surface area contributed by atoms with E-state index in [9.17, 15) is 9.59 Å². The maximum atomic E-state index is 11.0. The Balaban J connectivity index is 1.91. The number of aromatic nitrogens is 1. The molecule has 0 aliphatic carbocycles. The Hall–Kier alpha value is -2.21. The molecular formula is C10H9N3O3. The summed E-state index contributed by atoms with van der Waals surface area (Å²) in [4.78, 5) is 30.7. The van der Waals surface area contributed by atoms with Gasteiger partial charge in [-0.2, -0.15) is 0 Å². The van der Waals surface area contributed by atoms with E-state index < -0.39 is 10.9 Å². The van der Waals surface area contributed by atoms with Crippen molar-refractivity contribution in [3.63, 3.8) is 0 Å². The fourth-order valence-electron chi connectivity index (χ4n) is 1.18. The van der Waals surface area contributed by atoms with Crippen molar-refractivity contribution < 1.29 is 4.84 Å². The molecule has 0 fully saturated rings. The van der Waals surface area contributed by atoms with Crippen LogP contribution in [0.2, 0.25) is 0 Å². The van der Waals surface area contributed by atoms with Gasteiger partial charge in [0.05, 0.1) is 5.69 Å². The highest BCUT2D eigenvalue weighted by molar-refractivity contribution is 5.70. The summed E-state index contributed by atoms with van der Waals surface area (Å²) >= 11 is 0. The van der Waals surface area contributed by atoms with Gasteiger partial charge in [0.1, 0.15) is 18.0 Å². The monoisotopic (exact) mass is 219 g/mol. The third-order valence-corrected chi connectivity index (χ3v) is 2.07. The van der Waals surface area contributed by atoms with Gasteiger partial charge in [-0.15, -0.1) is 0 Å². The summed E-state index contributed by atoms with van der Waals surface area (Å²) < 4.78 is 0. The first-order chi connectivity index (χ1) is 7.70. The Morgan fingerprint density at radius 3 is 2.75 bits per heavy atom. The first kappa shape index (κ1) is 10.3. The zero-order valence-corrected chi connectivity index (χ0v) is 8.27. The number of hydrogen-bond donors (Lipinski definition) is 2. The van der Waals surface area contributed by atoms with Crippen LogP contribution >= 0.6 is 0 Å². The van der Waals surface area contributed by atoms with E-state index in [0.717, 1.165) is 0 Å². The van der Waals surface area contributed by atoms with Crippen molar-refractivity contribution in [2.75, 3.05) is 11.2 Å². The maximum Gasteiger partial charge on any atom is 0.255 e. The average Bonchev–Trinajstić information content (AvgIpc) is 2.34. The summed E-state index contributed by atoms with van der Waals surface area (Å²) in [7, 11) is 0. The van der Waals surface area contributed by atoms with Gasteiger partial charge in [-0.3, -0.25) is 24.9 Å². The Morgan fingerprint density at radius 1 is 1.31 bits per heavy atom. The van der Waals surface area contributed by atoms with Crippen molar-refractivity contribution in [1.29, 1.82) is 0 Å². The van der Waals surface area contributed by atoms with Gasteiger partial charge in [-0.05, 0) is 12.1 Å². The number of anilines is 2. The van der Waals surface area contributed by atoms with E-state index >= 15 is 0 Å². The van der Waals surface area contributed by atoms with Crippen LogP contribution in [0.4, 0.5) is 11.4 Å². The number of hydrogen-bond acceptors (Lipinski definition) is 6. The molecule has 2 rings (SSSR count). The molecule has 6 nitrogen and oxygen atoms in total. The van der Waals surface area contributed by atoms with Crippen LogP contribution in [0.3, 0.4) is 0 Å². The van der Waals surface area contributed by atoms with E-state index in [1.54, 1.807) is 18.3 Å². The van der Waals surface area contributed by atoms with Crippen LogP contribution in [-0.2, 0) is 11.4 Å². The lowest BCUT2D eigenvalue weighted by Gasteiger charge is -2.09. The van der Waals surface area contributed by atoms with Crippen LogP contribution in [0, 0.1) is 0 Å². The topological polar surface area (TPSA) is 94.3 Å². The van der Waals surface area contributed by atoms with Gasteiger partial charge in [0, 0.05) is 6.20 Å². The minimum Gasteiger partial charge on any atom is -0.394 e. The Labute approximate surface area is 90.3 Å². The van der Waals surface area contributed by atoms with Gasteiger partial charge in [0.15, 0.2) is 0 Å². The zero-order valence-electron chi connectivity index (χ0n) is 8.27. The molecule has 0 atom stereocenters. The van der Waals surface area contributed by atoms with E-state index in [1.807, 2.05) is 6.07 Å². The second-order valence-corrected chi connectivity index (χ2v) is 3.16. The molecule has 0 radical (unpaired) electrons. The predicted octanol–water partition coefficient (Wildman–Crippen LogP) is -0.197. The second kappa shape index (κ2) is 4.11. The molecule has 2 aromatic rings. The summed E-state index contributed by atoms with van der Waals surface area (Å²) in [5, 5.41) is 0. The van der Waals surface area contributed by atoms with Crippen LogP contribution < -0.4 is 22.1 Å². The molecule has 0 saturated carbocycles. The number of pyridine rings is 1. The van der Waals surface area contributed by atoms with Crippen LogP contribution in [0.5, 0.6) is 0 Å². The molecule has 0 unspecified atom stereocenters. The Kier molecular flexibility index (Phi) is 2.65. The standard InChI is InChI=1S/C10H9N3O3/c11-7-8(10(15)9(7)14)13-16-5-6-3-1-2-4-12-6/h1-4,13H,5,11H2. The van der Waals surface area contributed by atoms with Gasteiger partial charge in [-0.25, -0.2) is 0 Å². The van der Waals surface area contributed by atoms with Crippen molar-refractivity contribution in [3.8, 4) is 0 Å². The van der Waals surface area contributed by atoms with Crippen LogP contribution in [-0.4, -0.2) is 4.98 Å². The maximum absolute atomic E-state index is 11.0. The largest absolute Gasteiger partial charge is 0.394 e. The van der Waals surface area contributed by atoms with Crippen LogP contribution in [0.25, 0.3) is 0 Å². The quantitative estimate of drug-likeness (QED) is 0.546. The number of nitrogens with one attached hydrogen (secondary N) is 1. The molecule has 1 heterocycles. The molecule has 1 aromatic carbocycles. The molecular weight excluding hydrogens is 210 g/mol. The average molecular weight is 219 g/mol. The Morgan fingerprint density at radius 2 is 2.12 bits per heavy atom. The first-order valence-electron chi connectivity index (χ1n) is 4.56. The minimum atomic E-state index is -0.677. The highest BCUT2D eigenvalue weighted by Crippen LogP contribution is 2.09. The fourth-order valence-corrected chi connectivity index (χ4v) is 1.18.